The second-order valence-electron chi connectivity index (χ2n) is 2.97. The topological polar surface area (TPSA) is 45.6 Å². The van der Waals surface area contributed by atoms with Gasteiger partial charge in [0.05, 0.1) is 6.61 Å². The Morgan fingerprint density at radius 2 is 2.07 bits per heavy atom. The summed E-state index contributed by atoms with van der Waals surface area (Å²) in [5.74, 6) is 2.04. The number of nitrogens with one attached hydrogen (secondary N) is 2. The highest BCUT2D eigenvalue weighted by molar-refractivity contribution is 7.98. The van der Waals surface area contributed by atoms with E-state index in [0.717, 1.165) is 38.7 Å². The average molecular weight is 233 g/mol. The van der Waals surface area contributed by atoms with Crippen molar-refractivity contribution in [3.05, 3.63) is 0 Å². The van der Waals surface area contributed by atoms with Crippen LogP contribution in [0.4, 0.5) is 0 Å². The number of rotatable bonds is 8. The Labute approximate surface area is 97.3 Å². The monoisotopic (exact) mass is 233 g/mol. The van der Waals surface area contributed by atoms with Crippen molar-refractivity contribution in [3.8, 4) is 0 Å². The Bertz CT molecular complexity index is 151. The van der Waals surface area contributed by atoms with Crippen LogP contribution in [0.25, 0.3) is 0 Å². The molecule has 0 atom stereocenters. The predicted octanol–water partition coefficient (Wildman–Crippen LogP) is 0.941. The van der Waals surface area contributed by atoms with Gasteiger partial charge in [-0.25, -0.2) is 0 Å². The Balaban J connectivity index is 3.39. The fourth-order valence-corrected chi connectivity index (χ4v) is 1.46. The molecule has 0 aromatic rings. The van der Waals surface area contributed by atoms with E-state index < -0.39 is 0 Å². The number of ether oxygens (including phenoxy) is 1. The summed E-state index contributed by atoms with van der Waals surface area (Å²) < 4.78 is 5.22. The fraction of sp³-hybridized carbons (Fsp3) is 0.900. The second kappa shape index (κ2) is 11.7. The normalized spacial score (nSPS) is 11.5. The first kappa shape index (κ1) is 14.6. The summed E-state index contributed by atoms with van der Waals surface area (Å²) in [5.41, 5.74) is 0. The first-order valence-corrected chi connectivity index (χ1v) is 6.75. The maximum atomic E-state index is 5.22. The van der Waals surface area contributed by atoms with E-state index in [1.165, 1.54) is 5.75 Å². The van der Waals surface area contributed by atoms with Gasteiger partial charge in [0.15, 0.2) is 5.96 Å². The highest BCUT2D eigenvalue weighted by Gasteiger charge is 1.95. The second-order valence-corrected chi connectivity index (χ2v) is 3.95. The van der Waals surface area contributed by atoms with Crippen molar-refractivity contribution in [1.82, 2.24) is 10.6 Å². The van der Waals surface area contributed by atoms with Crippen molar-refractivity contribution in [2.24, 2.45) is 4.99 Å². The first-order chi connectivity index (χ1) is 7.35. The van der Waals surface area contributed by atoms with Gasteiger partial charge in [-0.05, 0) is 25.4 Å². The lowest BCUT2D eigenvalue weighted by Gasteiger charge is -2.11. The van der Waals surface area contributed by atoms with E-state index in [0.29, 0.717) is 0 Å². The summed E-state index contributed by atoms with van der Waals surface area (Å²) in [6.07, 6.45) is 3.28. The number of guanidine groups is 1. The van der Waals surface area contributed by atoms with Gasteiger partial charge in [0, 0.05) is 26.7 Å². The highest BCUT2D eigenvalue weighted by atomic mass is 32.2. The fourth-order valence-electron chi connectivity index (χ4n) is 1.03. The van der Waals surface area contributed by atoms with E-state index in [2.05, 4.69) is 21.9 Å². The van der Waals surface area contributed by atoms with E-state index >= 15 is 0 Å². The third-order valence-electron chi connectivity index (χ3n) is 1.78. The lowest BCUT2D eigenvalue weighted by atomic mass is 10.5. The standard InChI is InChI=1S/C10H23N3OS/c1-4-14-8-7-13-10(11-2)12-6-5-9-15-3/h4-9H2,1-3H3,(H2,11,12,13). The summed E-state index contributed by atoms with van der Waals surface area (Å²) >= 11 is 1.87. The minimum atomic E-state index is 0.724. The summed E-state index contributed by atoms with van der Waals surface area (Å²) in [6.45, 7) is 5.25. The zero-order valence-corrected chi connectivity index (χ0v) is 10.8. The number of hydrogen-bond donors (Lipinski definition) is 2. The van der Waals surface area contributed by atoms with Crippen molar-refractivity contribution in [3.63, 3.8) is 0 Å². The predicted molar refractivity (Wildman–Crippen MR) is 68.9 cm³/mol. The summed E-state index contributed by atoms with van der Waals surface area (Å²) in [5, 5.41) is 6.44. The molecule has 0 aliphatic carbocycles. The summed E-state index contributed by atoms with van der Waals surface area (Å²) in [7, 11) is 1.78. The van der Waals surface area contributed by atoms with Gasteiger partial charge in [-0.15, -0.1) is 0 Å². The van der Waals surface area contributed by atoms with Crippen molar-refractivity contribution < 1.29 is 4.74 Å². The molecule has 0 aromatic heterocycles. The van der Waals surface area contributed by atoms with E-state index in [9.17, 15) is 0 Å². The molecule has 2 N–H and O–H groups in total. The molecule has 4 nitrogen and oxygen atoms in total. The lowest BCUT2D eigenvalue weighted by Crippen LogP contribution is -2.39. The molecule has 0 saturated heterocycles. The molecule has 0 unspecified atom stereocenters. The van der Waals surface area contributed by atoms with Crippen molar-refractivity contribution >= 4 is 17.7 Å². The zero-order chi connectivity index (χ0) is 11.4. The molecule has 0 aliphatic rings. The van der Waals surface area contributed by atoms with Crippen LogP contribution in [-0.2, 0) is 4.74 Å². The zero-order valence-electron chi connectivity index (χ0n) is 10.0. The maximum absolute atomic E-state index is 5.22. The molecular weight excluding hydrogens is 210 g/mol. The molecule has 90 valence electrons. The Morgan fingerprint density at radius 3 is 2.67 bits per heavy atom. The third kappa shape index (κ3) is 9.87. The first-order valence-electron chi connectivity index (χ1n) is 5.36. The van der Waals surface area contributed by atoms with Crippen LogP contribution < -0.4 is 10.6 Å². The number of thioether (sulfide) groups is 1. The van der Waals surface area contributed by atoms with Crippen molar-refractivity contribution in [1.29, 1.82) is 0 Å². The van der Waals surface area contributed by atoms with Crippen molar-refractivity contribution in [2.45, 2.75) is 13.3 Å². The Kier molecular flexibility index (Phi) is 11.3. The number of aliphatic imine (C=N–C) groups is 1. The molecule has 0 aromatic carbocycles. The third-order valence-corrected chi connectivity index (χ3v) is 2.48. The molecule has 0 fully saturated rings. The van der Waals surface area contributed by atoms with Crippen LogP contribution in [0.1, 0.15) is 13.3 Å². The average Bonchev–Trinajstić information content (AvgIpc) is 2.27. The molecule has 15 heavy (non-hydrogen) atoms. The molecule has 0 aliphatic heterocycles. The van der Waals surface area contributed by atoms with E-state index in [1.54, 1.807) is 7.05 Å². The van der Waals surface area contributed by atoms with Crippen LogP contribution in [0.2, 0.25) is 0 Å². The van der Waals surface area contributed by atoms with E-state index in [1.807, 2.05) is 18.7 Å². The van der Waals surface area contributed by atoms with Gasteiger partial charge in [-0.2, -0.15) is 11.8 Å². The minimum absolute atomic E-state index is 0.724. The van der Waals surface area contributed by atoms with Gasteiger partial charge in [0.1, 0.15) is 0 Å². The SMILES string of the molecule is CCOCCNC(=NC)NCCCSC. The van der Waals surface area contributed by atoms with E-state index in [4.69, 9.17) is 4.74 Å². The van der Waals surface area contributed by atoms with Crippen LogP contribution in [-0.4, -0.2) is 51.3 Å². The van der Waals surface area contributed by atoms with Crippen LogP contribution in [0.3, 0.4) is 0 Å². The quantitative estimate of drug-likeness (QED) is 0.372. The van der Waals surface area contributed by atoms with Gasteiger partial charge >= 0.3 is 0 Å². The van der Waals surface area contributed by atoms with Crippen LogP contribution in [0.5, 0.6) is 0 Å². The minimum Gasteiger partial charge on any atom is -0.380 e. The number of nitrogens with zero attached hydrogens (tertiary/aromatic N) is 1. The van der Waals surface area contributed by atoms with Gasteiger partial charge in [0.2, 0.25) is 0 Å². The van der Waals surface area contributed by atoms with Gasteiger partial charge in [-0.1, -0.05) is 0 Å². The molecule has 0 spiro atoms. The molecule has 5 heteroatoms. The Hall–Kier alpha value is -0.420. The van der Waals surface area contributed by atoms with Crippen LogP contribution in [0.15, 0.2) is 4.99 Å². The summed E-state index contributed by atoms with van der Waals surface area (Å²) in [6, 6.07) is 0. The lowest BCUT2D eigenvalue weighted by molar-refractivity contribution is 0.152. The largest absolute Gasteiger partial charge is 0.380 e. The van der Waals surface area contributed by atoms with Crippen molar-refractivity contribution in [2.75, 3.05) is 45.4 Å². The van der Waals surface area contributed by atoms with Gasteiger partial charge in [-0.3, -0.25) is 4.99 Å². The molecule has 0 rings (SSSR count). The van der Waals surface area contributed by atoms with Crippen LogP contribution >= 0.6 is 11.8 Å². The Morgan fingerprint density at radius 1 is 1.33 bits per heavy atom. The molecule has 0 radical (unpaired) electrons. The molecular formula is C10H23N3OS. The highest BCUT2D eigenvalue weighted by Crippen LogP contribution is 1.92. The molecule has 0 saturated carbocycles. The summed E-state index contributed by atoms with van der Waals surface area (Å²) in [4.78, 5) is 4.12. The van der Waals surface area contributed by atoms with Gasteiger partial charge in [0.25, 0.3) is 0 Å². The maximum Gasteiger partial charge on any atom is 0.191 e. The smallest absolute Gasteiger partial charge is 0.191 e. The van der Waals surface area contributed by atoms with Crippen LogP contribution in [0, 0.1) is 0 Å². The molecule has 0 bridgehead atoms. The van der Waals surface area contributed by atoms with Gasteiger partial charge < -0.3 is 15.4 Å². The number of hydrogen-bond acceptors (Lipinski definition) is 3. The molecule has 0 amide bonds. The van der Waals surface area contributed by atoms with E-state index in [-0.39, 0.29) is 0 Å². The molecule has 0 heterocycles.